The van der Waals surface area contributed by atoms with Gasteiger partial charge in [-0.15, -0.1) is 0 Å². The molecule has 1 aliphatic rings. The first kappa shape index (κ1) is 14.3. The molecular formula is C14H16N6O2. The van der Waals surface area contributed by atoms with E-state index in [1.54, 1.807) is 12.3 Å². The van der Waals surface area contributed by atoms with Crippen LogP contribution in [0.5, 0.6) is 0 Å². The van der Waals surface area contributed by atoms with Crippen molar-refractivity contribution in [2.45, 2.75) is 12.5 Å². The number of primary amides is 1. The second-order valence-corrected chi connectivity index (χ2v) is 5.30. The van der Waals surface area contributed by atoms with Gasteiger partial charge in [-0.1, -0.05) is 0 Å². The van der Waals surface area contributed by atoms with Gasteiger partial charge in [0.05, 0.1) is 11.4 Å². The van der Waals surface area contributed by atoms with E-state index in [1.165, 1.54) is 17.0 Å². The molecule has 0 radical (unpaired) electrons. The zero-order valence-electron chi connectivity index (χ0n) is 12.1. The van der Waals surface area contributed by atoms with E-state index in [2.05, 4.69) is 15.0 Å². The maximum atomic E-state index is 12.4. The van der Waals surface area contributed by atoms with E-state index < -0.39 is 11.8 Å². The van der Waals surface area contributed by atoms with E-state index in [0.717, 1.165) is 0 Å². The molecule has 1 unspecified atom stereocenters. The third kappa shape index (κ3) is 2.60. The molecule has 0 aliphatic carbocycles. The number of carbonyl (C=O) groups excluding carboxylic acids is 1. The third-order valence-corrected chi connectivity index (χ3v) is 3.74. The van der Waals surface area contributed by atoms with Crippen LogP contribution in [0.1, 0.15) is 11.7 Å². The molecule has 1 amide bonds. The van der Waals surface area contributed by atoms with E-state index in [-0.39, 0.29) is 5.56 Å². The fraction of sp³-hybridized carbons (Fsp3) is 0.357. The summed E-state index contributed by atoms with van der Waals surface area (Å²) >= 11 is 0. The van der Waals surface area contributed by atoms with Crippen molar-refractivity contribution in [1.29, 1.82) is 0 Å². The number of hydrogen-bond donors (Lipinski definition) is 1. The van der Waals surface area contributed by atoms with Crippen molar-refractivity contribution in [3.05, 3.63) is 40.8 Å². The predicted molar refractivity (Wildman–Crippen MR) is 79.0 cm³/mol. The molecule has 22 heavy (non-hydrogen) atoms. The summed E-state index contributed by atoms with van der Waals surface area (Å²) in [6, 6.07) is 3.09. The van der Waals surface area contributed by atoms with Gasteiger partial charge in [0.25, 0.3) is 5.56 Å². The highest BCUT2D eigenvalue weighted by atomic mass is 16.1. The highest BCUT2D eigenvalue weighted by Gasteiger charge is 2.28. The first-order valence-electron chi connectivity index (χ1n) is 6.92. The van der Waals surface area contributed by atoms with Gasteiger partial charge in [0.1, 0.15) is 18.1 Å². The summed E-state index contributed by atoms with van der Waals surface area (Å²) in [6.45, 7) is 1.58. The Hall–Kier alpha value is -2.61. The lowest BCUT2D eigenvalue weighted by Gasteiger charge is -2.17. The lowest BCUT2D eigenvalue weighted by Crippen LogP contribution is -2.33. The van der Waals surface area contributed by atoms with Crippen LogP contribution in [0.3, 0.4) is 0 Å². The largest absolute Gasteiger partial charge is 0.369 e. The molecule has 2 aromatic heterocycles. The normalized spacial score (nSPS) is 18.5. The van der Waals surface area contributed by atoms with Gasteiger partial charge in [0.15, 0.2) is 0 Å². The summed E-state index contributed by atoms with van der Waals surface area (Å²) in [4.78, 5) is 38.6. The van der Waals surface area contributed by atoms with Gasteiger partial charge in [0.2, 0.25) is 5.91 Å². The Balaban J connectivity index is 2.17. The molecule has 0 spiro atoms. The molecular weight excluding hydrogens is 284 g/mol. The van der Waals surface area contributed by atoms with Crippen LogP contribution in [0.25, 0.3) is 11.4 Å². The predicted octanol–water partition coefficient (Wildman–Crippen LogP) is -0.785. The van der Waals surface area contributed by atoms with Crippen molar-refractivity contribution < 1.29 is 4.79 Å². The minimum atomic E-state index is -0.623. The van der Waals surface area contributed by atoms with Gasteiger partial charge in [0, 0.05) is 31.9 Å². The molecule has 1 aliphatic heterocycles. The molecule has 114 valence electrons. The van der Waals surface area contributed by atoms with Crippen molar-refractivity contribution >= 4 is 5.91 Å². The Labute approximate surface area is 126 Å². The van der Waals surface area contributed by atoms with E-state index >= 15 is 0 Å². The molecule has 3 rings (SSSR count). The molecule has 0 bridgehead atoms. The first-order valence-corrected chi connectivity index (χ1v) is 6.92. The number of nitrogens with zero attached hydrogens (tertiary/aromatic N) is 5. The summed E-state index contributed by atoms with van der Waals surface area (Å²) in [5.74, 6) is -0.714. The SMILES string of the molecule is CN1CCn2c(nc(-c3ccncn3)cc2=O)C(C(N)=O)C1. The van der Waals surface area contributed by atoms with Gasteiger partial charge >= 0.3 is 0 Å². The van der Waals surface area contributed by atoms with Crippen LogP contribution in [0.15, 0.2) is 29.5 Å². The number of carbonyl (C=O) groups is 1. The average molecular weight is 300 g/mol. The molecule has 8 heteroatoms. The number of aromatic nitrogens is 4. The van der Waals surface area contributed by atoms with Gasteiger partial charge in [-0.05, 0) is 13.1 Å². The van der Waals surface area contributed by atoms with Crippen LogP contribution in [0.4, 0.5) is 0 Å². The Kier molecular flexibility index (Phi) is 3.68. The highest BCUT2D eigenvalue weighted by molar-refractivity contribution is 5.81. The monoisotopic (exact) mass is 300 g/mol. The maximum Gasteiger partial charge on any atom is 0.254 e. The van der Waals surface area contributed by atoms with Crippen LogP contribution in [-0.4, -0.2) is 50.5 Å². The Morgan fingerprint density at radius 2 is 2.18 bits per heavy atom. The zero-order valence-corrected chi connectivity index (χ0v) is 12.1. The summed E-state index contributed by atoms with van der Waals surface area (Å²) in [5.41, 5.74) is 6.26. The van der Waals surface area contributed by atoms with Crippen LogP contribution >= 0.6 is 0 Å². The minimum absolute atomic E-state index is 0.208. The van der Waals surface area contributed by atoms with Gasteiger partial charge in [-0.3, -0.25) is 14.2 Å². The van der Waals surface area contributed by atoms with Gasteiger partial charge < -0.3 is 10.6 Å². The summed E-state index contributed by atoms with van der Waals surface area (Å²) in [5, 5.41) is 0. The van der Waals surface area contributed by atoms with Crippen LogP contribution in [0, 0.1) is 0 Å². The summed E-state index contributed by atoms with van der Waals surface area (Å²) in [6.07, 6.45) is 2.96. The molecule has 2 N–H and O–H groups in total. The maximum absolute atomic E-state index is 12.4. The summed E-state index contributed by atoms with van der Waals surface area (Å²) in [7, 11) is 1.89. The number of rotatable bonds is 2. The van der Waals surface area contributed by atoms with E-state index in [9.17, 15) is 9.59 Å². The van der Waals surface area contributed by atoms with Gasteiger partial charge in [-0.25, -0.2) is 15.0 Å². The van der Waals surface area contributed by atoms with Crippen LogP contribution in [0.2, 0.25) is 0 Å². The second-order valence-electron chi connectivity index (χ2n) is 5.30. The Morgan fingerprint density at radius 3 is 2.86 bits per heavy atom. The molecule has 0 saturated heterocycles. The van der Waals surface area contributed by atoms with Crippen LogP contribution < -0.4 is 11.3 Å². The Morgan fingerprint density at radius 1 is 1.36 bits per heavy atom. The topological polar surface area (TPSA) is 107 Å². The minimum Gasteiger partial charge on any atom is -0.369 e. The van der Waals surface area contributed by atoms with Crippen LogP contribution in [-0.2, 0) is 11.3 Å². The van der Waals surface area contributed by atoms with Crippen molar-refractivity contribution in [2.75, 3.05) is 20.1 Å². The molecule has 1 atom stereocenters. The quantitative estimate of drug-likeness (QED) is 0.779. The third-order valence-electron chi connectivity index (χ3n) is 3.74. The smallest absolute Gasteiger partial charge is 0.254 e. The number of hydrogen-bond acceptors (Lipinski definition) is 6. The average Bonchev–Trinajstić information content (AvgIpc) is 2.68. The molecule has 0 saturated carbocycles. The number of likely N-dealkylation sites (N-methyl/N-ethyl adjacent to an activating group) is 1. The standard InChI is InChI=1S/C14H16N6O2/c1-19-4-5-20-12(21)6-11(10-2-3-16-8-17-10)18-14(20)9(7-19)13(15)22/h2-3,6,8-9H,4-5,7H2,1H3,(H2,15,22). The number of fused-ring (bicyclic) bond motifs is 1. The number of nitrogens with two attached hydrogens (primary N) is 1. The van der Waals surface area contributed by atoms with E-state index in [1.807, 2.05) is 11.9 Å². The molecule has 0 fully saturated rings. The lowest BCUT2D eigenvalue weighted by atomic mass is 10.1. The van der Waals surface area contributed by atoms with Crippen molar-refractivity contribution in [3.8, 4) is 11.4 Å². The zero-order chi connectivity index (χ0) is 15.7. The van der Waals surface area contributed by atoms with Crippen molar-refractivity contribution in [2.24, 2.45) is 5.73 Å². The Bertz CT molecular complexity index is 758. The fourth-order valence-electron chi connectivity index (χ4n) is 2.56. The molecule has 0 aromatic carbocycles. The van der Waals surface area contributed by atoms with Crippen molar-refractivity contribution in [3.63, 3.8) is 0 Å². The van der Waals surface area contributed by atoms with Crippen molar-refractivity contribution in [1.82, 2.24) is 24.4 Å². The molecule has 3 heterocycles. The van der Waals surface area contributed by atoms with E-state index in [4.69, 9.17) is 5.73 Å². The second kappa shape index (κ2) is 5.64. The summed E-state index contributed by atoms with van der Waals surface area (Å²) < 4.78 is 1.52. The van der Waals surface area contributed by atoms with Gasteiger partial charge in [-0.2, -0.15) is 0 Å². The fourth-order valence-corrected chi connectivity index (χ4v) is 2.56. The lowest BCUT2D eigenvalue weighted by molar-refractivity contribution is -0.119. The first-order chi connectivity index (χ1) is 10.6. The molecule has 2 aromatic rings. The molecule has 8 nitrogen and oxygen atoms in total. The van der Waals surface area contributed by atoms with E-state index in [0.29, 0.717) is 36.8 Å². The number of amides is 1. The highest BCUT2D eigenvalue weighted by Crippen LogP contribution is 2.20.